The van der Waals surface area contributed by atoms with E-state index in [1.807, 2.05) is 24.3 Å². The number of carbonyl (C=O) groups is 4. The van der Waals surface area contributed by atoms with Gasteiger partial charge in [0.15, 0.2) is 0 Å². The Labute approximate surface area is 218 Å². The van der Waals surface area contributed by atoms with Crippen molar-refractivity contribution >= 4 is 52.6 Å². The van der Waals surface area contributed by atoms with E-state index in [-0.39, 0.29) is 54.3 Å². The average molecular weight is 493 g/mol. The molecule has 0 bridgehead atoms. The summed E-state index contributed by atoms with van der Waals surface area (Å²) >= 11 is 0. The molecule has 0 aliphatic carbocycles. The Balaban J connectivity index is 1.34. The van der Waals surface area contributed by atoms with Crippen molar-refractivity contribution in [2.45, 2.75) is 37.4 Å². The number of nitrogens with one attached hydrogen (secondary N) is 1. The van der Waals surface area contributed by atoms with Crippen LogP contribution in [0.15, 0.2) is 36.4 Å². The number of morpholine rings is 1. The van der Waals surface area contributed by atoms with E-state index in [1.54, 1.807) is 11.0 Å². The number of fused-ring (bicyclic) bond motifs is 1. The molecular weight excluding hydrogens is 471 g/mol. The number of imide groups is 1. The fourth-order valence-corrected chi connectivity index (χ4v) is 4.92. The third-order valence-corrected chi connectivity index (χ3v) is 6.83. The molecule has 182 valence electrons. The molecule has 37 heavy (non-hydrogen) atoms. The van der Waals surface area contributed by atoms with Gasteiger partial charge in [-0.15, -0.1) is 0 Å². The third kappa shape index (κ3) is 4.66. The number of amides is 4. The van der Waals surface area contributed by atoms with Gasteiger partial charge >= 0.3 is 0 Å². The second kappa shape index (κ2) is 9.74. The van der Waals surface area contributed by atoms with E-state index in [2.05, 4.69) is 5.32 Å². The van der Waals surface area contributed by atoms with E-state index in [0.29, 0.717) is 19.7 Å². The highest BCUT2D eigenvalue weighted by atomic mass is 16.5. The summed E-state index contributed by atoms with van der Waals surface area (Å²) in [6, 6.07) is 9.69. The van der Waals surface area contributed by atoms with Crippen molar-refractivity contribution in [3.05, 3.63) is 58.7 Å². The molecule has 5 rings (SSSR count). The molecule has 1 atom stereocenters. The smallest absolute Gasteiger partial charge is 0.253 e. The topological polar surface area (TPSA) is 105 Å². The fourth-order valence-electron chi connectivity index (χ4n) is 4.92. The number of ether oxygens (including phenoxy) is 2. The molecule has 2 aromatic rings. The van der Waals surface area contributed by atoms with Crippen LogP contribution < -0.4 is 15.5 Å². The molecule has 12 heteroatoms. The first-order chi connectivity index (χ1) is 17.7. The van der Waals surface area contributed by atoms with Crippen LogP contribution in [0.5, 0.6) is 5.75 Å². The standard InChI is InChI=1S/C25H22B3N3O6/c26-16-5-7-18(37-12-15-3-1-14(2-4-15)11-30-9-10-36-13-20(30)33)22-21(16)24(35)31(25(22,27)28)17-6-8-19(32)29-23(17)34/h1-5,7,17H,6,8-13H2,(H,29,32,34). The largest absolute Gasteiger partial charge is 0.489 e. The lowest BCUT2D eigenvalue weighted by Crippen LogP contribution is -2.59. The first kappa shape index (κ1) is 25.1. The van der Waals surface area contributed by atoms with Crippen LogP contribution in [0.25, 0.3) is 0 Å². The maximum atomic E-state index is 13.3. The lowest BCUT2D eigenvalue weighted by Gasteiger charge is -2.40. The van der Waals surface area contributed by atoms with Gasteiger partial charge in [0.1, 0.15) is 32.9 Å². The Kier molecular flexibility index (Phi) is 6.62. The highest BCUT2D eigenvalue weighted by Gasteiger charge is 2.50. The number of hydrogen-bond donors (Lipinski definition) is 1. The van der Waals surface area contributed by atoms with Gasteiger partial charge in [0.25, 0.3) is 5.91 Å². The van der Waals surface area contributed by atoms with E-state index < -0.39 is 29.1 Å². The minimum atomic E-state index is -1.88. The van der Waals surface area contributed by atoms with Crippen molar-refractivity contribution in [1.82, 2.24) is 15.1 Å². The summed E-state index contributed by atoms with van der Waals surface area (Å²) < 4.78 is 11.2. The highest BCUT2D eigenvalue weighted by Crippen LogP contribution is 2.42. The SMILES string of the molecule is [B]c1ccc(OCc2ccc(CN3CCOCC3=O)cc2)c2c1C(=O)N(C1CCC(=O)NC1=O)C2([B])[B]. The predicted octanol–water partition coefficient (Wildman–Crippen LogP) is -0.873. The summed E-state index contributed by atoms with van der Waals surface area (Å²) in [5.41, 5.74) is 2.24. The van der Waals surface area contributed by atoms with Crippen molar-refractivity contribution in [3.8, 4) is 5.75 Å². The Hall–Kier alpha value is -3.53. The number of rotatable bonds is 6. The van der Waals surface area contributed by atoms with Gasteiger partial charge in [-0.2, -0.15) is 0 Å². The molecule has 2 saturated heterocycles. The zero-order valence-electron chi connectivity index (χ0n) is 20.1. The van der Waals surface area contributed by atoms with Crippen LogP contribution >= 0.6 is 0 Å². The van der Waals surface area contributed by atoms with Crippen LogP contribution in [0, 0.1) is 0 Å². The molecule has 2 aromatic carbocycles. The Morgan fingerprint density at radius 3 is 2.49 bits per heavy atom. The average Bonchev–Trinajstić information content (AvgIpc) is 3.07. The summed E-state index contributed by atoms with van der Waals surface area (Å²) in [7, 11) is 19.0. The van der Waals surface area contributed by atoms with Crippen molar-refractivity contribution in [2.75, 3.05) is 19.8 Å². The maximum absolute atomic E-state index is 13.3. The van der Waals surface area contributed by atoms with E-state index in [4.69, 9.17) is 33.0 Å². The summed E-state index contributed by atoms with van der Waals surface area (Å²) in [5.74, 6) is -1.43. The molecule has 1 unspecified atom stereocenters. The summed E-state index contributed by atoms with van der Waals surface area (Å²) in [6.45, 7) is 1.83. The number of benzene rings is 2. The molecule has 3 aliphatic rings. The zero-order valence-corrected chi connectivity index (χ0v) is 20.1. The monoisotopic (exact) mass is 493 g/mol. The van der Waals surface area contributed by atoms with E-state index >= 15 is 0 Å². The van der Waals surface area contributed by atoms with Crippen LogP contribution in [0.3, 0.4) is 0 Å². The summed E-state index contributed by atoms with van der Waals surface area (Å²) in [5, 5.41) is 0.346. The zero-order chi connectivity index (χ0) is 26.3. The molecular formula is C25H22B3N3O6. The highest BCUT2D eigenvalue weighted by molar-refractivity contribution is 6.46. The lowest BCUT2D eigenvalue weighted by molar-refractivity contribution is -0.143. The van der Waals surface area contributed by atoms with Gasteiger partial charge in [-0.3, -0.25) is 24.5 Å². The van der Waals surface area contributed by atoms with Crippen molar-refractivity contribution < 1.29 is 28.7 Å². The van der Waals surface area contributed by atoms with Gasteiger partial charge in [0, 0.05) is 30.6 Å². The van der Waals surface area contributed by atoms with Crippen LogP contribution in [0.1, 0.15) is 39.9 Å². The fraction of sp³-hybridized carbons (Fsp3) is 0.360. The van der Waals surface area contributed by atoms with E-state index in [0.717, 1.165) is 16.0 Å². The first-order valence-electron chi connectivity index (χ1n) is 11.9. The first-order valence-corrected chi connectivity index (χ1v) is 11.9. The number of piperidine rings is 1. The Morgan fingerprint density at radius 1 is 1.05 bits per heavy atom. The van der Waals surface area contributed by atoms with Crippen LogP contribution in [-0.2, 0) is 37.6 Å². The van der Waals surface area contributed by atoms with Gasteiger partial charge in [-0.25, -0.2) is 0 Å². The van der Waals surface area contributed by atoms with Crippen LogP contribution in [0.2, 0.25) is 0 Å². The second-order valence-electron chi connectivity index (χ2n) is 9.34. The normalized spacial score (nSPS) is 21.1. The van der Waals surface area contributed by atoms with Crippen molar-refractivity contribution in [3.63, 3.8) is 0 Å². The van der Waals surface area contributed by atoms with Crippen LogP contribution in [-0.4, -0.2) is 82.8 Å². The minimum Gasteiger partial charge on any atom is -0.489 e. The molecule has 0 spiro atoms. The molecule has 9 nitrogen and oxygen atoms in total. The third-order valence-electron chi connectivity index (χ3n) is 6.83. The molecule has 6 radical (unpaired) electrons. The van der Waals surface area contributed by atoms with Gasteiger partial charge in [-0.05, 0) is 29.0 Å². The Bertz CT molecular complexity index is 1280. The maximum Gasteiger partial charge on any atom is 0.253 e. The molecule has 3 aliphatic heterocycles. The summed E-state index contributed by atoms with van der Waals surface area (Å²) in [4.78, 5) is 52.2. The molecule has 0 saturated carbocycles. The van der Waals surface area contributed by atoms with Crippen molar-refractivity contribution in [2.24, 2.45) is 0 Å². The van der Waals surface area contributed by atoms with E-state index in [1.165, 1.54) is 6.07 Å². The molecule has 2 fully saturated rings. The second-order valence-corrected chi connectivity index (χ2v) is 9.34. The quantitative estimate of drug-likeness (QED) is 0.415. The lowest BCUT2D eigenvalue weighted by atomic mass is 9.57. The van der Waals surface area contributed by atoms with Crippen LogP contribution in [0.4, 0.5) is 0 Å². The number of hydrogen-bond acceptors (Lipinski definition) is 6. The number of nitrogens with zero attached hydrogens (tertiary/aromatic N) is 2. The van der Waals surface area contributed by atoms with Gasteiger partial charge in [0.05, 0.1) is 22.3 Å². The molecule has 0 aromatic heterocycles. The minimum absolute atomic E-state index is 0.0381. The van der Waals surface area contributed by atoms with Gasteiger partial charge in [0.2, 0.25) is 17.7 Å². The van der Waals surface area contributed by atoms with E-state index in [9.17, 15) is 19.2 Å². The molecule has 1 N–H and O–H groups in total. The Morgan fingerprint density at radius 2 is 1.78 bits per heavy atom. The predicted molar refractivity (Wildman–Crippen MR) is 134 cm³/mol. The van der Waals surface area contributed by atoms with Gasteiger partial charge in [-0.1, -0.05) is 35.8 Å². The van der Waals surface area contributed by atoms with Gasteiger partial charge < -0.3 is 19.3 Å². The van der Waals surface area contributed by atoms with Crippen molar-refractivity contribution in [1.29, 1.82) is 0 Å². The molecule has 4 amide bonds. The summed E-state index contributed by atoms with van der Waals surface area (Å²) in [6.07, 6.45) is 0.153. The number of carbonyl (C=O) groups excluding carboxylic acids is 4. The molecule has 3 heterocycles.